The lowest BCUT2D eigenvalue weighted by Gasteiger charge is -2.12. The molecular formula is C14H13FN2S. The second-order valence-corrected chi connectivity index (χ2v) is 4.49. The Bertz CT molecular complexity index is 579. The number of nitrogens with one attached hydrogen (secondary N) is 1. The average Bonchev–Trinajstić information content (AvgIpc) is 2.34. The van der Waals surface area contributed by atoms with E-state index in [9.17, 15) is 4.39 Å². The van der Waals surface area contributed by atoms with Crippen LogP contribution in [0.2, 0.25) is 0 Å². The van der Waals surface area contributed by atoms with Gasteiger partial charge in [0.25, 0.3) is 0 Å². The summed E-state index contributed by atoms with van der Waals surface area (Å²) in [6.07, 6.45) is 0. The van der Waals surface area contributed by atoms with Gasteiger partial charge in [-0.25, -0.2) is 4.39 Å². The molecule has 18 heavy (non-hydrogen) atoms. The Labute approximate surface area is 111 Å². The van der Waals surface area contributed by atoms with Crippen molar-refractivity contribution < 1.29 is 4.39 Å². The number of nitrogens with two attached hydrogens (primary N) is 1. The molecule has 0 bridgehead atoms. The van der Waals surface area contributed by atoms with Gasteiger partial charge in [0.05, 0.1) is 0 Å². The minimum atomic E-state index is -0.265. The summed E-state index contributed by atoms with van der Waals surface area (Å²) in [7, 11) is 0. The molecule has 0 aromatic heterocycles. The molecule has 0 radical (unpaired) electrons. The Morgan fingerprint density at radius 1 is 1.17 bits per heavy atom. The zero-order valence-corrected chi connectivity index (χ0v) is 10.7. The molecule has 0 amide bonds. The van der Waals surface area contributed by atoms with Crippen molar-refractivity contribution in [3.63, 3.8) is 0 Å². The number of hydrogen-bond donors (Lipinski definition) is 2. The Morgan fingerprint density at radius 2 is 1.83 bits per heavy atom. The first-order valence-electron chi connectivity index (χ1n) is 5.49. The maximum absolute atomic E-state index is 12.8. The Hall–Kier alpha value is -1.94. The first-order valence-corrected chi connectivity index (χ1v) is 5.90. The van der Waals surface area contributed by atoms with E-state index in [1.807, 2.05) is 25.1 Å². The molecule has 2 rings (SSSR count). The fourth-order valence-corrected chi connectivity index (χ4v) is 1.83. The van der Waals surface area contributed by atoms with E-state index in [-0.39, 0.29) is 5.82 Å². The molecule has 0 fully saturated rings. The van der Waals surface area contributed by atoms with Crippen molar-refractivity contribution in [1.29, 1.82) is 0 Å². The molecule has 0 atom stereocenters. The van der Waals surface area contributed by atoms with Gasteiger partial charge in [-0.15, -0.1) is 0 Å². The molecule has 0 saturated heterocycles. The van der Waals surface area contributed by atoms with Gasteiger partial charge in [-0.2, -0.15) is 0 Å². The van der Waals surface area contributed by atoms with E-state index in [0.29, 0.717) is 4.99 Å². The third-order valence-electron chi connectivity index (χ3n) is 2.56. The van der Waals surface area contributed by atoms with Gasteiger partial charge in [-0.1, -0.05) is 23.8 Å². The van der Waals surface area contributed by atoms with E-state index in [1.165, 1.54) is 12.1 Å². The minimum Gasteiger partial charge on any atom is -0.389 e. The largest absolute Gasteiger partial charge is 0.389 e. The monoisotopic (exact) mass is 260 g/mol. The van der Waals surface area contributed by atoms with Gasteiger partial charge in [-0.05, 0) is 43.3 Å². The van der Waals surface area contributed by atoms with Crippen LogP contribution in [0.5, 0.6) is 0 Å². The van der Waals surface area contributed by atoms with Crippen LogP contribution >= 0.6 is 12.2 Å². The summed E-state index contributed by atoms with van der Waals surface area (Å²) in [5.74, 6) is -0.265. The molecule has 2 nitrogen and oxygen atoms in total. The van der Waals surface area contributed by atoms with Crippen LogP contribution < -0.4 is 11.1 Å². The molecule has 0 saturated carbocycles. The highest BCUT2D eigenvalue weighted by Crippen LogP contribution is 2.22. The van der Waals surface area contributed by atoms with Gasteiger partial charge < -0.3 is 11.1 Å². The third kappa shape index (κ3) is 2.84. The Balaban J connectivity index is 2.34. The van der Waals surface area contributed by atoms with E-state index in [0.717, 1.165) is 22.5 Å². The summed E-state index contributed by atoms with van der Waals surface area (Å²) >= 11 is 5.02. The van der Waals surface area contributed by atoms with Gasteiger partial charge in [0.1, 0.15) is 10.8 Å². The summed E-state index contributed by atoms with van der Waals surface area (Å²) in [5, 5.41) is 3.17. The molecule has 0 unspecified atom stereocenters. The zero-order chi connectivity index (χ0) is 13.1. The number of anilines is 2. The fraction of sp³-hybridized carbons (Fsp3) is 0.0714. The van der Waals surface area contributed by atoms with E-state index < -0.39 is 0 Å². The van der Waals surface area contributed by atoms with Crippen molar-refractivity contribution in [3.8, 4) is 0 Å². The fourth-order valence-electron chi connectivity index (χ4n) is 1.66. The summed E-state index contributed by atoms with van der Waals surface area (Å²) in [6.45, 7) is 1.98. The van der Waals surface area contributed by atoms with Crippen molar-refractivity contribution >= 4 is 28.6 Å². The summed E-state index contributed by atoms with van der Waals surface area (Å²) in [5.41, 5.74) is 9.17. The molecule has 0 aliphatic carbocycles. The number of hydrogen-bond acceptors (Lipinski definition) is 2. The van der Waals surface area contributed by atoms with Crippen molar-refractivity contribution in [2.75, 3.05) is 5.32 Å². The van der Waals surface area contributed by atoms with Crippen LogP contribution in [0, 0.1) is 12.7 Å². The maximum Gasteiger partial charge on any atom is 0.123 e. The van der Waals surface area contributed by atoms with Crippen molar-refractivity contribution in [1.82, 2.24) is 0 Å². The molecule has 92 valence electrons. The van der Waals surface area contributed by atoms with E-state index >= 15 is 0 Å². The first-order chi connectivity index (χ1) is 8.56. The highest BCUT2D eigenvalue weighted by Gasteiger charge is 2.05. The standard InChI is InChI=1S/C14H13FN2S/c1-9-2-7-13(12(8-9)14(16)18)17-11-5-3-10(15)4-6-11/h2-8,17H,1H3,(H2,16,18). The van der Waals surface area contributed by atoms with Crippen LogP contribution in [0.15, 0.2) is 42.5 Å². The molecule has 2 aromatic carbocycles. The number of rotatable bonds is 3. The number of aryl methyl sites for hydroxylation is 1. The van der Waals surface area contributed by atoms with Crippen molar-refractivity contribution in [3.05, 3.63) is 59.4 Å². The Morgan fingerprint density at radius 3 is 2.44 bits per heavy atom. The van der Waals surface area contributed by atoms with Gasteiger partial charge in [0.15, 0.2) is 0 Å². The van der Waals surface area contributed by atoms with E-state index in [2.05, 4.69) is 5.32 Å². The lowest BCUT2D eigenvalue weighted by Crippen LogP contribution is -2.12. The zero-order valence-electron chi connectivity index (χ0n) is 9.91. The SMILES string of the molecule is Cc1ccc(Nc2ccc(F)cc2)c(C(N)=S)c1. The molecule has 0 spiro atoms. The number of halogens is 1. The van der Waals surface area contributed by atoms with Crippen LogP contribution in [0.25, 0.3) is 0 Å². The molecular weight excluding hydrogens is 247 g/mol. The summed E-state index contributed by atoms with van der Waals surface area (Å²) in [6, 6.07) is 11.9. The van der Waals surface area contributed by atoms with Gasteiger partial charge >= 0.3 is 0 Å². The molecule has 4 heteroatoms. The van der Waals surface area contributed by atoms with Crippen molar-refractivity contribution in [2.45, 2.75) is 6.92 Å². The van der Waals surface area contributed by atoms with Gasteiger partial charge in [0, 0.05) is 16.9 Å². The number of thiocarbonyl (C=S) groups is 1. The second-order valence-electron chi connectivity index (χ2n) is 4.05. The predicted octanol–water partition coefficient (Wildman–Crippen LogP) is 3.51. The highest BCUT2D eigenvalue weighted by atomic mass is 32.1. The second kappa shape index (κ2) is 5.14. The molecule has 3 N–H and O–H groups in total. The van der Waals surface area contributed by atoms with Crippen LogP contribution in [0.3, 0.4) is 0 Å². The topological polar surface area (TPSA) is 38.0 Å². The van der Waals surface area contributed by atoms with Gasteiger partial charge in [0.2, 0.25) is 0 Å². The van der Waals surface area contributed by atoms with E-state index in [4.69, 9.17) is 18.0 Å². The summed E-state index contributed by atoms with van der Waals surface area (Å²) in [4.78, 5) is 0.336. The van der Waals surface area contributed by atoms with Crippen LogP contribution in [0.1, 0.15) is 11.1 Å². The minimum absolute atomic E-state index is 0.265. The molecule has 0 aliphatic heterocycles. The van der Waals surface area contributed by atoms with Gasteiger partial charge in [-0.3, -0.25) is 0 Å². The number of benzene rings is 2. The lowest BCUT2D eigenvalue weighted by atomic mass is 10.1. The van der Waals surface area contributed by atoms with Crippen molar-refractivity contribution in [2.24, 2.45) is 5.73 Å². The normalized spacial score (nSPS) is 10.1. The van der Waals surface area contributed by atoms with Crippen LogP contribution in [-0.4, -0.2) is 4.99 Å². The molecule has 0 heterocycles. The molecule has 0 aliphatic rings. The smallest absolute Gasteiger partial charge is 0.123 e. The third-order valence-corrected chi connectivity index (χ3v) is 2.78. The van der Waals surface area contributed by atoms with Crippen LogP contribution in [0.4, 0.5) is 15.8 Å². The average molecular weight is 260 g/mol. The summed E-state index contributed by atoms with van der Waals surface area (Å²) < 4.78 is 12.8. The lowest BCUT2D eigenvalue weighted by molar-refractivity contribution is 0.628. The predicted molar refractivity (Wildman–Crippen MR) is 76.7 cm³/mol. The van der Waals surface area contributed by atoms with Crippen LogP contribution in [-0.2, 0) is 0 Å². The first kappa shape index (κ1) is 12.5. The molecule has 2 aromatic rings. The highest BCUT2D eigenvalue weighted by molar-refractivity contribution is 7.80. The maximum atomic E-state index is 12.8. The quantitative estimate of drug-likeness (QED) is 0.829. The Kier molecular flexibility index (Phi) is 3.58. The van der Waals surface area contributed by atoms with E-state index in [1.54, 1.807) is 12.1 Å².